The standard InChI is InChI=1S/C21H28ClN5O2S/c1-16-6-7-18(22)15-19(16)30(28,29)27-12-10-25(11-13-27)20-14-17(2)23-21(24-20)26-8-4-3-5-9-26/h6-7,14-15H,3-5,8-13H2,1-2H3. The van der Waals surface area contributed by atoms with E-state index in [1.165, 1.54) is 25.3 Å². The first-order valence-corrected chi connectivity index (χ1v) is 12.3. The van der Waals surface area contributed by atoms with Gasteiger partial charge in [0.05, 0.1) is 4.90 Å². The Hall–Kier alpha value is -1.90. The fourth-order valence-corrected chi connectivity index (χ4v) is 5.99. The van der Waals surface area contributed by atoms with Gasteiger partial charge in [0, 0.05) is 56.1 Å². The largest absolute Gasteiger partial charge is 0.354 e. The van der Waals surface area contributed by atoms with Crippen LogP contribution in [0.4, 0.5) is 11.8 Å². The summed E-state index contributed by atoms with van der Waals surface area (Å²) in [6.45, 7) is 7.78. The van der Waals surface area contributed by atoms with Crippen molar-refractivity contribution in [3.8, 4) is 0 Å². The normalized spacial score (nSPS) is 18.6. The number of aromatic nitrogens is 2. The summed E-state index contributed by atoms with van der Waals surface area (Å²) in [5.41, 5.74) is 1.64. The summed E-state index contributed by atoms with van der Waals surface area (Å²) in [7, 11) is -3.57. The van der Waals surface area contributed by atoms with Crippen molar-refractivity contribution in [1.29, 1.82) is 0 Å². The molecule has 3 heterocycles. The van der Waals surface area contributed by atoms with Crippen molar-refractivity contribution in [3.63, 3.8) is 0 Å². The number of sulfonamides is 1. The first kappa shape index (κ1) is 21.3. The van der Waals surface area contributed by atoms with Crippen molar-refractivity contribution < 1.29 is 8.42 Å². The summed E-state index contributed by atoms with van der Waals surface area (Å²) in [5, 5.41) is 0.430. The van der Waals surface area contributed by atoms with Gasteiger partial charge in [-0.25, -0.2) is 13.4 Å². The molecule has 30 heavy (non-hydrogen) atoms. The molecule has 2 aliphatic heterocycles. The van der Waals surface area contributed by atoms with E-state index < -0.39 is 10.0 Å². The van der Waals surface area contributed by atoms with Gasteiger partial charge in [-0.05, 0) is 50.8 Å². The van der Waals surface area contributed by atoms with Crippen molar-refractivity contribution in [1.82, 2.24) is 14.3 Å². The van der Waals surface area contributed by atoms with Crippen LogP contribution in [0.3, 0.4) is 0 Å². The minimum absolute atomic E-state index is 0.286. The molecular weight excluding hydrogens is 422 g/mol. The van der Waals surface area contributed by atoms with Crippen LogP contribution in [-0.4, -0.2) is 62.0 Å². The van der Waals surface area contributed by atoms with E-state index in [4.69, 9.17) is 16.6 Å². The van der Waals surface area contributed by atoms with E-state index in [9.17, 15) is 8.42 Å². The van der Waals surface area contributed by atoms with Gasteiger partial charge in [-0.3, -0.25) is 0 Å². The SMILES string of the molecule is Cc1cc(N2CCN(S(=O)(=O)c3cc(Cl)ccc3C)CC2)nc(N2CCCCC2)n1. The minimum Gasteiger partial charge on any atom is -0.354 e. The fraction of sp³-hybridized carbons (Fsp3) is 0.524. The molecule has 2 saturated heterocycles. The second-order valence-electron chi connectivity index (χ2n) is 8.02. The third kappa shape index (κ3) is 4.40. The van der Waals surface area contributed by atoms with E-state index in [0.717, 1.165) is 30.5 Å². The molecule has 162 valence electrons. The summed E-state index contributed by atoms with van der Waals surface area (Å²) in [4.78, 5) is 14.1. The Morgan fingerprint density at radius 1 is 0.867 bits per heavy atom. The van der Waals surface area contributed by atoms with E-state index in [1.807, 2.05) is 13.0 Å². The number of benzene rings is 1. The lowest BCUT2D eigenvalue weighted by atomic mass is 10.1. The molecular formula is C21H28ClN5O2S. The Bertz CT molecular complexity index is 1020. The van der Waals surface area contributed by atoms with Gasteiger partial charge in [-0.1, -0.05) is 17.7 Å². The zero-order chi connectivity index (χ0) is 21.3. The van der Waals surface area contributed by atoms with Crippen LogP contribution in [0.25, 0.3) is 0 Å². The van der Waals surface area contributed by atoms with Gasteiger partial charge in [-0.15, -0.1) is 0 Å². The van der Waals surface area contributed by atoms with Crippen LogP contribution < -0.4 is 9.80 Å². The number of piperazine rings is 1. The lowest BCUT2D eigenvalue weighted by Crippen LogP contribution is -2.49. The van der Waals surface area contributed by atoms with Crippen molar-refractivity contribution in [3.05, 3.63) is 40.5 Å². The monoisotopic (exact) mass is 449 g/mol. The van der Waals surface area contributed by atoms with Gasteiger partial charge in [0.15, 0.2) is 0 Å². The third-order valence-electron chi connectivity index (χ3n) is 5.80. The Morgan fingerprint density at radius 2 is 1.57 bits per heavy atom. The Morgan fingerprint density at radius 3 is 2.27 bits per heavy atom. The zero-order valence-corrected chi connectivity index (χ0v) is 19.1. The molecule has 2 fully saturated rings. The van der Waals surface area contributed by atoms with Crippen LogP contribution in [0.2, 0.25) is 5.02 Å². The zero-order valence-electron chi connectivity index (χ0n) is 17.5. The maximum atomic E-state index is 13.1. The number of hydrogen-bond acceptors (Lipinski definition) is 6. The maximum absolute atomic E-state index is 13.1. The van der Waals surface area contributed by atoms with E-state index in [1.54, 1.807) is 23.4 Å². The van der Waals surface area contributed by atoms with Gasteiger partial charge < -0.3 is 9.80 Å². The summed E-state index contributed by atoms with van der Waals surface area (Å²) in [6.07, 6.45) is 3.61. The van der Waals surface area contributed by atoms with Crippen LogP contribution in [0.1, 0.15) is 30.5 Å². The predicted octanol–water partition coefficient (Wildman–Crippen LogP) is 3.25. The molecule has 1 aromatic heterocycles. The highest BCUT2D eigenvalue weighted by Gasteiger charge is 2.30. The van der Waals surface area contributed by atoms with Crippen LogP contribution in [-0.2, 0) is 10.0 Å². The Labute approximate surface area is 183 Å². The van der Waals surface area contributed by atoms with Crippen LogP contribution in [0.5, 0.6) is 0 Å². The Balaban J connectivity index is 1.49. The molecule has 2 aliphatic rings. The molecule has 4 rings (SSSR count). The van der Waals surface area contributed by atoms with Gasteiger partial charge in [0.25, 0.3) is 0 Å². The average Bonchev–Trinajstić information content (AvgIpc) is 2.75. The number of halogens is 1. The molecule has 1 aromatic carbocycles. The first-order chi connectivity index (χ1) is 14.3. The first-order valence-electron chi connectivity index (χ1n) is 10.5. The van der Waals surface area contributed by atoms with E-state index >= 15 is 0 Å². The van der Waals surface area contributed by atoms with Gasteiger partial charge in [0.2, 0.25) is 16.0 Å². The highest BCUT2D eigenvalue weighted by atomic mass is 35.5. The highest BCUT2D eigenvalue weighted by Crippen LogP contribution is 2.26. The third-order valence-corrected chi connectivity index (χ3v) is 8.07. The molecule has 9 heteroatoms. The molecule has 0 bridgehead atoms. The molecule has 0 spiro atoms. The summed E-state index contributed by atoms with van der Waals surface area (Å²) in [5.74, 6) is 1.66. The van der Waals surface area contributed by atoms with Gasteiger partial charge in [-0.2, -0.15) is 9.29 Å². The molecule has 0 N–H and O–H groups in total. The topological polar surface area (TPSA) is 69.6 Å². The molecule has 0 radical (unpaired) electrons. The van der Waals surface area contributed by atoms with Crippen molar-refractivity contribution in [2.75, 3.05) is 49.1 Å². The van der Waals surface area contributed by atoms with Gasteiger partial charge >= 0.3 is 0 Å². The van der Waals surface area contributed by atoms with E-state index in [2.05, 4.69) is 14.8 Å². The van der Waals surface area contributed by atoms with Crippen molar-refractivity contribution in [2.24, 2.45) is 0 Å². The molecule has 0 unspecified atom stereocenters. The number of rotatable bonds is 4. The van der Waals surface area contributed by atoms with E-state index in [-0.39, 0.29) is 4.90 Å². The number of hydrogen-bond donors (Lipinski definition) is 0. The maximum Gasteiger partial charge on any atom is 0.243 e. The number of anilines is 2. The molecule has 0 saturated carbocycles. The van der Waals surface area contributed by atoms with Crippen molar-refractivity contribution in [2.45, 2.75) is 38.0 Å². The molecule has 7 nitrogen and oxygen atoms in total. The number of nitrogens with zero attached hydrogens (tertiary/aromatic N) is 5. The minimum atomic E-state index is -3.57. The number of aryl methyl sites for hydroxylation is 2. The van der Waals surface area contributed by atoms with Crippen molar-refractivity contribution >= 4 is 33.4 Å². The summed E-state index contributed by atoms with van der Waals surface area (Å²) < 4.78 is 27.8. The molecule has 2 aromatic rings. The molecule has 0 atom stereocenters. The Kier molecular flexibility index (Phi) is 6.18. The highest BCUT2D eigenvalue weighted by molar-refractivity contribution is 7.89. The lowest BCUT2D eigenvalue weighted by molar-refractivity contribution is 0.383. The fourth-order valence-electron chi connectivity index (χ4n) is 4.08. The van der Waals surface area contributed by atoms with E-state index in [0.29, 0.717) is 36.8 Å². The second-order valence-corrected chi connectivity index (χ2v) is 10.4. The molecule has 0 aliphatic carbocycles. The molecule has 0 amide bonds. The second kappa shape index (κ2) is 8.69. The number of piperidine rings is 1. The van der Waals surface area contributed by atoms with Crippen LogP contribution in [0, 0.1) is 13.8 Å². The quantitative estimate of drug-likeness (QED) is 0.713. The summed E-state index contributed by atoms with van der Waals surface area (Å²) >= 11 is 6.05. The smallest absolute Gasteiger partial charge is 0.243 e. The van der Waals surface area contributed by atoms with Crippen LogP contribution in [0.15, 0.2) is 29.2 Å². The predicted molar refractivity (Wildman–Crippen MR) is 120 cm³/mol. The van der Waals surface area contributed by atoms with Gasteiger partial charge in [0.1, 0.15) is 5.82 Å². The lowest BCUT2D eigenvalue weighted by Gasteiger charge is -2.35. The summed E-state index contributed by atoms with van der Waals surface area (Å²) in [6, 6.07) is 6.98. The average molecular weight is 450 g/mol. The van der Waals surface area contributed by atoms with Crippen LogP contribution >= 0.6 is 11.6 Å².